The summed E-state index contributed by atoms with van der Waals surface area (Å²) in [4.78, 5) is 11.0. The van der Waals surface area contributed by atoms with Crippen molar-refractivity contribution in [3.05, 3.63) is 28.2 Å². The van der Waals surface area contributed by atoms with Gasteiger partial charge in [-0.3, -0.25) is 4.79 Å². The molecule has 0 aliphatic heterocycles. The SMILES string of the molecule is CC1CC1(C(=O)O)S(=O)(=O)c1cc(Cl)ccc1Cl. The van der Waals surface area contributed by atoms with E-state index in [4.69, 9.17) is 23.2 Å². The number of rotatable bonds is 3. The van der Waals surface area contributed by atoms with Crippen LogP contribution in [0.15, 0.2) is 23.1 Å². The largest absolute Gasteiger partial charge is 0.480 e. The normalized spacial score (nSPS) is 26.9. The molecule has 2 unspecified atom stereocenters. The summed E-state index contributed by atoms with van der Waals surface area (Å²) in [6, 6.07) is 3.99. The molecule has 18 heavy (non-hydrogen) atoms. The van der Waals surface area contributed by atoms with Crippen LogP contribution in [-0.2, 0) is 14.6 Å². The van der Waals surface area contributed by atoms with Gasteiger partial charge in [-0.25, -0.2) is 8.42 Å². The second-order valence-electron chi connectivity index (χ2n) is 4.38. The maximum atomic E-state index is 12.4. The topological polar surface area (TPSA) is 71.4 Å². The molecule has 1 aliphatic carbocycles. The number of carboxylic acid groups (broad SMARTS) is 1. The molecule has 0 bridgehead atoms. The number of hydrogen-bond donors (Lipinski definition) is 1. The molecule has 1 saturated carbocycles. The maximum absolute atomic E-state index is 12.4. The zero-order valence-electron chi connectivity index (χ0n) is 9.35. The first-order chi connectivity index (χ1) is 8.23. The zero-order chi connectivity index (χ0) is 13.7. The number of carboxylic acids is 1. The van der Waals surface area contributed by atoms with E-state index < -0.39 is 26.5 Å². The molecule has 2 atom stereocenters. The Labute approximate surface area is 114 Å². The smallest absolute Gasteiger partial charge is 0.325 e. The van der Waals surface area contributed by atoms with Crippen molar-refractivity contribution < 1.29 is 18.3 Å². The average molecular weight is 309 g/mol. The van der Waals surface area contributed by atoms with Gasteiger partial charge in [0.15, 0.2) is 14.6 Å². The molecule has 1 N–H and O–H groups in total. The number of carbonyl (C=O) groups is 1. The first kappa shape index (κ1) is 13.6. The fourth-order valence-electron chi connectivity index (χ4n) is 2.06. The summed E-state index contributed by atoms with van der Waals surface area (Å²) in [5, 5.41) is 9.36. The van der Waals surface area contributed by atoms with E-state index >= 15 is 0 Å². The van der Waals surface area contributed by atoms with Gasteiger partial charge in [0.1, 0.15) is 0 Å². The third-order valence-corrected chi connectivity index (χ3v) is 6.57. The highest BCUT2D eigenvalue weighted by atomic mass is 35.5. The number of benzene rings is 1. The lowest BCUT2D eigenvalue weighted by Crippen LogP contribution is -2.34. The number of halogens is 2. The molecule has 2 rings (SSSR count). The Morgan fingerprint density at radius 2 is 2.00 bits per heavy atom. The van der Waals surface area contributed by atoms with E-state index in [-0.39, 0.29) is 21.4 Å². The van der Waals surface area contributed by atoms with Crippen LogP contribution in [0.3, 0.4) is 0 Å². The van der Waals surface area contributed by atoms with E-state index in [2.05, 4.69) is 0 Å². The van der Waals surface area contributed by atoms with Gasteiger partial charge in [-0.1, -0.05) is 30.1 Å². The zero-order valence-corrected chi connectivity index (χ0v) is 11.7. The molecule has 0 spiro atoms. The van der Waals surface area contributed by atoms with Gasteiger partial charge in [-0.2, -0.15) is 0 Å². The minimum Gasteiger partial charge on any atom is -0.480 e. The van der Waals surface area contributed by atoms with Crippen LogP contribution < -0.4 is 0 Å². The summed E-state index contributed by atoms with van der Waals surface area (Å²) in [5.41, 5.74) is 0. The molecular formula is C11H10Cl2O4S. The van der Waals surface area contributed by atoms with Gasteiger partial charge in [0.2, 0.25) is 0 Å². The summed E-state index contributed by atoms with van der Waals surface area (Å²) in [7, 11) is -4.04. The Hall–Kier alpha value is -0.780. The average Bonchev–Trinajstić information content (AvgIpc) is 2.95. The molecular weight excluding hydrogens is 299 g/mol. The van der Waals surface area contributed by atoms with E-state index in [1.54, 1.807) is 6.92 Å². The highest BCUT2D eigenvalue weighted by Gasteiger charge is 2.68. The third-order valence-electron chi connectivity index (χ3n) is 3.27. The molecule has 0 amide bonds. The highest BCUT2D eigenvalue weighted by Crippen LogP contribution is 2.53. The molecule has 1 aromatic carbocycles. The van der Waals surface area contributed by atoms with Crippen molar-refractivity contribution in [1.82, 2.24) is 0 Å². The van der Waals surface area contributed by atoms with Gasteiger partial charge in [-0.15, -0.1) is 0 Å². The van der Waals surface area contributed by atoms with Gasteiger partial charge in [-0.05, 0) is 30.5 Å². The fraction of sp³-hybridized carbons (Fsp3) is 0.364. The van der Waals surface area contributed by atoms with Gasteiger partial charge in [0.05, 0.1) is 9.92 Å². The maximum Gasteiger partial charge on any atom is 0.325 e. The number of hydrogen-bond acceptors (Lipinski definition) is 3. The molecule has 0 radical (unpaired) electrons. The standard InChI is InChI=1S/C11H10Cl2O4S/c1-6-5-11(6,10(14)15)18(16,17)9-4-7(12)2-3-8(9)13/h2-4,6H,5H2,1H3,(H,14,15). The van der Waals surface area contributed by atoms with Gasteiger partial charge >= 0.3 is 5.97 Å². The number of sulfone groups is 1. The summed E-state index contributed by atoms with van der Waals surface area (Å²) in [6.07, 6.45) is 0.0908. The molecule has 0 aromatic heterocycles. The first-order valence-corrected chi connectivity index (χ1v) is 7.40. The molecule has 0 heterocycles. The van der Waals surface area contributed by atoms with Crippen molar-refractivity contribution in [1.29, 1.82) is 0 Å². The first-order valence-electron chi connectivity index (χ1n) is 5.16. The van der Waals surface area contributed by atoms with E-state index in [1.807, 2.05) is 0 Å². The van der Waals surface area contributed by atoms with Crippen molar-refractivity contribution >= 4 is 39.0 Å². The summed E-state index contributed by atoms with van der Waals surface area (Å²) in [6.45, 7) is 1.59. The van der Waals surface area contributed by atoms with Gasteiger partial charge in [0.25, 0.3) is 0 Å². The fourth-order valence-corrected chi connectivity index (χ4v) is 4.95. The van der Waals surface area contributed by atoms with Gasteiger partial charge < -0.3 is 5.11 Å². The summed E-state index contributed by atoms with van der Waals surface area (Å²) in [5.74, 6) is -1.78. The summed E-state index contributed by atoms with van der Waals surface area (Å²) >= 11 is 11.6. The van der Waals surface area contributed by atoms with Crippen LogP contribution in [-0.4, -0.2) is 24.2 Å². The van der Waals surface area contributed by atoms with E-state index in [1.165, 1.54) is 18.2 Å². The minimum atomic E-state index is -4.04. The molecule has 1 aromatic rings. The van der Waals surface area contributed by atoms with Crippen LogP contribution in [0, 0.1) is 5.92 Å². The monoisotopic (exact) mass is 308 g/mol. The molecule has 1 fully saturated rings. The Kier molecular flexibility index (Phi) is 3.12. The van der Waals surface area contributed by atoms with Crippen LogP contribution in [0.1, 0.15) is 13.3 Å². The van der Waals surface area contributed by atoms with Gasteiger partial charge in [0, 0.05) is 5.02 Å². The quantitative estimate of drug-likeness (QED) is 0.931. The molecule has 4 nitrogen and oxygen atoms in total. The Bertz CT molecular complexity index is 626. The molecule has 7 heteroatoms. The molecule has 1 aliphatic rings. The second-order valence-corrected chi connectivity index (χ2v) is 7.40. The lowest BCUT2D eigenvalue weighted by atomic mass is 10.3. The molecule has 98 valence electrons. The Balaban J connectivity index is 2.63. The van der Waals surface area contributed by atoms with Crippen LogP contribution in [0.5, 0.6) is 0 Å². The second kappa shape index (κ2) is 4.11. The number of aliphatic carboxylic acids is 1. The molecule has 0 saturated heterocycles. The van der Waals surface area contributed by atoms with Crippen molar-refractivity contribution in [3.8, 4) is 0 Å². The van der Waals surface area contributed by atoms with E-state index in [0.29, 0.717) is 0 Å². The van der Waals surface area contributed by atoms with E-state index in [0.717, 1.165) is 0 Å². The van der Waals surface area contributed by atoms with Crippen molar-refractivity contribution in [2.75, 3.05) is 0 Å². The van der Waals surface area contributed by atoms with Crippen molar-refractivity contribution in [2.45, 2.75) is 23.0 Å². The predicted octanol–water partition coefficient (Wildman–Crippen LogP) is 2.63. The van der Waals surface area contributed by atoms with Crippen molar-refractivity contribution in [3.63, 3.8) is 0 Å². The predicted molar refractivity (Wildman–Crippen MR) is 67.8 cm³/mol. The van der Waals surface area contributed by atoms with Crippen LogP contribution in [0.4, 0.5) is 0 Å². The lowest BCUT2D eigenvalue weighted by Gasteiger charge is -2.14. The Morgan fingerprint density at radius 3 is 2.44 bits per heavy atom. The minimum absolute atomic E-state index is 0.0147. The summed E-state index contributed by atoms with van der Waals surface area (Å²) < 4.78 is 23.1. The lowest BCUT2D eigenvalue weighted by molar-refractivity contribution is -0.137. The van der Waals surface area contributed by atoms with Crippen molar-refractivity contribution in [2.24, 2.45) is 5.92 Å². The third kappa shape index (κ3) is 1.73. The highest BCUT2D eigenvalue weighted by molar-refractivity contribution is 7.94. The Morgan fingerprint density at radius 1 is 1.44 bits per heavy atom. The van der Waals surface area contributed by atoms with Crippen LogP contribution in [0.2, 0.25) is 10.0 Å². The van der Waals surface area contributed by atoms with Crippen LogP contribution >= 0.6 is 23.2 Å². The van der Waals surface area contributed by atoms with Crippen LogP contribution in [0.25, 0.3) is 0 Å². The van der Waals surface area contributed by atoms with E-state index in [9.17, 15) is 18.3 Å².